The van der Waals surface area contributed by atoms with Gasteiger partial charge in [0, 0.05) is 5.02 Å². The quantitative estimate of drug-likeness (QED) is 0.446. The van der Waals surface area contributed by atoms with E-state index in [-0.39, 0.29) is 0 Å². The van der Waals surface area contributed by atoms with E-state index in [4.69, 9.17) is 16.3 Å². The molecule has 0 atom stereocenters. The van der Waals surface area contributed by atoms with Crippen molar-refractivity contribution in [2.75, 3.05) is 0 Å². The molecule has 0 aliphatic carbocycles. The first-order chi connectivity index (χ1) is 10.1. The number of rotatable bonds is 2. The van der Waals surface area contributed by atoms with Crippen LogP contribution in [0.5, 0.6) is 5.75 Å². The topological polar surface area (TPSA) is 26.3 Å². The molecule has 0 aliphatic rings. The molecular weight excluding hydrogens is 352 g/mol. The molecule has 0 amide bonds. The summed E-state index contributed by atoms with van der Waals surface area (Å²) in [4.78, 5) is 12.2. The Morgan fingerprint density at radius 2 is 1.71 bits per heavy atom. The summed E-state index contributed by atoms with van der Waals surface area (Å²) in [6.45, 7) is 0. The highest BCUT2D eigenvalue weighted by Gasteiger charge is 2.11. The number of carbonyl (C=O) groups excluding carboxylic acids is 1. The number of hydrogen-bond acceptors (Lipinski definition) is 2. The number of carbonyl (C=O) groups is 1. The molecule has 0 aliphatic heterocycles. The number of hydrogen-bond donors (Lipinski definition) is 0. The molecule has 2 nitrogen and oxygen atoms in total. The maximum absolute atomic E-state index is 12.2. The summed E-state index contributed by atoms with van der Waals surface area (Å²) in [7, 11) is 0. The van der Waals surface area contributed by atoms with Gasteiger partial charge in [0.1, 0.15) is 5.75 Å². The lowest BCUT2D eigenvalue weighted by Gasteiger charge is -2.07. The van der Waals surface area contributed by atoms with Crippen LogP contribution in [-0.4, -0.2) is 5.97 Å². The van der Waals surface area contributed by atoms with Gasteiger partial charge in [0.25, 0.3) is 0 Å². The van der Waals surface area contributed by atoms with Gasteiger partial charge in [-0.3, -0.25) is 0 Å². The van der Waals surface area contributed by atoms with Crippen LogP contribution in [0.1, 0.15) is 10.4 Å². The van der Waals surface area contributed by atoms with Crippen molar-refractivity contribution < 1.29 is 9.53 Å². The second kappa shape index (κ2) is 5.88. The normalized spacial score (nSPS) is 10.6. The monoisotopic (exact) mass is 360 g/mol. The molecule has 0 bridgehead atoms. The van der Waals surface area contributed by atoms with Gasteiger partial charge in [0.2, 0.25) is 0 Å². The van der Waals surface area contributed by atoms with Gasteiger partial charge in [-0.1, -0.05) is 41.9 Å². The van der Waals surface area contributed by atoms with Crippen molar-refractivity contribution in [2.24, 2.45) is 0 Å². The number of ether oxygens (including phenoxy) is 1. The molecule has 104 valence electrons. The molecule has 3 aromatic rings. The first-order valence-electron chi connectivity index (χ1n) is 6.29. The van der Waals surface area contributed by atoms with Gasteiger partial charge in [-0.05, 0) is 57.0 Å². The average Bonchev–Trinajstić information content (AvgIpc) is 2.49. The molecule has 0 spiro atoms. The fourth-order valence-electron chi connectivity index (χ4n) is 2.03. The Bertz CT molecular complexity index is 830. The summed E-state index contributed by atoms with van der Waals surface area (Å²) in [6, 6.07) is 18.4. The standard InChI is InChI=1S/C17H10BrClO2/c18-15-10-14(19)7-8-16(15)21-17(20)13-6-5-11-3-1-2-4-12(11)9-13/h1-10H. The van der Waals surface area contributed by atoms with Gasteiger partial charge < -0.3 is 4.74 Å². The lowest BCUT2D eigenvalue weighted by atomic mass is 10.1. The molecule has 21 heavy (non-hydrogen) atoms. The Morgan fingerprint density at radius 3 is 2.48 bits per heavy atom. The lowest BCUT2D eigenvalue weighted by molar-refractivity contribution is 0.0733. The number of halogens is 2. The van der Waals surface area contributed by atoms with Crippen LogP contribution in [0.15, 0.2) is 65.1 Å². The zero-order valence-corrected chi connectivity index (χ0v) is 13.2. The minimum atomic E-state index is -0.399. The third-order valence-electron chi connectivity index (χ3n) is 3.08. The first kappa shape index (κ1) is 14.1. The summed E-state index contributed by atoms with van der Waals surface area (Å²) in [5, 5.41) is 2.66. The van der Waals surface area contributed by atoms with E-state index in [1.165, 1.54) is 0 Å². The summed E-state index contributed by atoms with van der Waals surface area (Å²) in [5.41, 5.74) is 0.510. The van der Waals surface area contributed by atoms with Crippen LogP contribution in [0, 0.1) is 0 Å². The van der Waals surface area contributed by atoms with Crippen LogP contribution >= 0.6 is 27.5 Å². The van der Waals surface area contributed by atoms with Crippen molar-refractivity contribution in [3.05, 3.63) is 75.7 Å². The van der Waals surface area contributed by atoms with E-state index < -0.39 is 5.97 Å². The van der Waals surface area contributed by atoms with E-state index in [1.54, 1.807) is 24.3 Å². The van der Waals surface area contributed by atoms with E-state index in [1.807, 2.05) is 36.4 Å². The minimum Gasteiger partial charge on any atom is -0.422 e. The maximum atomic E-state index is 12.2. The van der Waals surface area contributed by atoms with Crippen LogP contribution in [0.3, 0.4) is 0 Å². The summed E-state index contributed by atoms with van der Waals surface area (Å²) < 4.78 is 6.03. The van der Waals surface area contributed by atoms with E-state index in [0.29, 0.717) is 20.8 Å². The van der Waals surface area contributed by atoms with E-state index in [9.17, 15) is 4.79 Å². The van der Waals surface area contributed by atoms with E-state index in [2.05, 4.69) is 15.9 Å². The molecule has 0 fully saturated rings. The Morgan fingerprint density at radius 1 is 0.952 bits per heavy atom. The highest BCUT2D eigenvalue weighted by molar-refractivity contribution is 9.10. The fraction of sp³-hybridized carbons (Fsp3) is 0. The third kappa shape index (κ3) is 3.09. The van der Waals surface area contributed by atoms with Crippen molar-refractivity contribution in [3.8, 4) is 5.75 Å². The largest absolute Gasteiger partial charge is 0.422 e. The van der Waals surface area contributed by atoms with Gasteiger partial charge in [0.05, 0.1) is 10.0 Å². The number of benzene rings is 3. The van der Waals surface area contributed by atoms with Crippen LogP contribution in [0.2, 0.25) is 5.02 Å². The van der Waals surface area contributed by atoms with Gasteiger partial charge in [0.15, 0.2) is 0 Å². The van der Waals surface area contributed by atoms with Crippen molar-refractivity contribution in [1.82, 2.24) is 0 Å². The van der Waals surface area contributed by atoms with Crippen LogP contribution in [-0.2, 0) is 0 Å². The van der Waals surface area contributed by atoms with Crippen LogP contribution in [0.25, 0.3) is 10.8 Å². The summed E-state index contributed by atoms with van der Waals surface area (Å²) in [5.74, 6) is 0.0429. The van der Waals surface area contributed by atoms with Gasteiger partial charge in [-0.25, -0.2) is 4.79 Å². The second-order valence-corrected chi connectivity index (χ2v) is 5.82. The Hall–Kier alpha value is -1.84. The molecule has 0 heterocycles. The summed E-state index contributed by atoms with van der Waals surface area (Å²) in [6.07, 6.45) is 0. The number of fused-ring (bicyclic) bond motifs is 1. The molecule has 0 aromatic heterocycles. The average molecular weight is 362 g/mol. The molecule has 4 heteroatoms. The molecular formula is C17H10BrClO2. The Balaban J connectivity index is 1.89. The molecule has 3 rings (SSSR count). The smallest absolute Gasteiger partial charge is 0.343 e. The van der Waals surface area contributed by atoms with Gasteiger partial charge >= 0.3 is 5.97 Å². The molecule has 0 saturated heterocycles. The molecule has 0 N–H and O–H groups in total. The Kier molecular flexibility index (Phi) is 3.95. The predicted octanol–water partition coefficient (Wildman–Crippen LogP) is 5.47. The summed E-state index contributed by atoms with van der Waals surface area (Å²) >= 11 is 9.19. The molecule has 3 aromatic carbocycles. The lowest BCUT2D eigenvalue weighted by Crippen LogP contribution is -2.08. The highest BCUT2D eigenvalue weighted by atomic mass is 79.9. The van der Waals surface area contributed by atoms with Crippen LogP contribution < -0.4 is 4.74 Å². The predicted molar refractivity (Wildman–Crippen MR) is 88.1 cm³/mol. The second-order valence-electron chi connectivity index (χ2n) is 4.53. The van der Waals surface area contributed by atoms with E-state index in [0.717, 1.165) is 10.8 Å². The zero-order chi connectivity index (χ0) is 14.8. The van der Waals surface area contributed by atoms with E-state index >= 15 is 0 Å². The number of esters is 1. The zero-order valence-electron chi connectivity index (χ0n) is 10.8. The van der Waals surface area contributed by atoms with Crippen molar-refractivity contribution >= 4 is 44.3 Å². The van der Waals surface area contributed by atoms with Gasteiger partial charge in [-0.2, -0.15) is 0 Å². The molecule has 0 saturated carbocycles. The molecule has 0 unspecified atom stereocenters. The highest BCUT2D eigenvalue weighted by Crippen LogP contribution is 2.29. The van der Waals surface area contributed by atoms with Crippen molar-refractivity contribution in [2.45, 2.75) is 0 Å². The van der Waals surface area contributed by atoms with Crippen molar-refractivity contribution in [1.29, 1.82) is 0 Å². The minimum absolute atomic E-state index is 0.399. The maximum Gasteiger partial charge on any atom is 0.343 e. The SMILES string of the molecule is O=C(Oc1ccc(Cl)cc1Br)c1ccc2ccccc2c1. The van der Waals surface area contributed by atoms with Gasteiger partial charge in [-0.15, -0.1) is 0 Å². The first-order valence-corrected chi connectivity index (χ1v) is 7.46. The fourth-order valence-corrected chi connectivity index (χ4v) is 2.80. The third-order valence-corrected chi connectivity index (χ3v) is 3.94. The van der Waals surface area contributed by atoms with Crippen LogP contribution in [0.4, 0.5) is 0 Å². The van der Waals surface area contributed by atoms with Crippen molar-refractivity contribution in [3.63, 3.8) is 0 Å². The Labute approximate surface area is 135 Å². The molecule has 0 radical (unpaired) electrons.